The molecule has 1 aromatic carbocycles. The lowest BCUT2D eigenvalue weighted by Gasteiger charge is -2.30. The fourth-order valence-electron chi connectivity index (χ4n) is 2.76. The molecule has 0 saturated carbocycles. The summed E-state index contributed by atoms with van der Waals surface area (Å²) in [6.07, 6.45) is 2.27. The lowest BCUT2D eigenvalue weighted by Crippen LogP contribution is -2.43. The molecule has 1 saturated heterocycles. The van der Waals surface area contributed by atoms with Crippen molar-refractivity contribution >= 4 is 10.9 Å². The van der Waals surface area contributed by atoms with Gasteiger partial charge in [0.05, 0.1) is 0 Å². The van der Waals surface area contributed by atoms with E-state index in [9.17, 15) is 0 Å². The van der Waals surface area contributed by atoms with E-state index in [2.05, 4.69) is 59.3 Å². The van der Waals surface area contributed by atoms with Crippen molar-refractivity contribution in [3.05, 3.63) is 36.0 Å². The van der Waals surface area contributed by atoms with Crippen molar-refractivity contribution in [1.82, 2.24) is 14.8 Å². The van der Waals surface area contributed by atoms with Gasteiger partial charge in [0.15, 0.2) is 0 Å². The average molecular weight is 229 g/mol. The second-order valence-electron chi connectivity index (χ2n) is 4.98. The molecular formula is C14H19N3. The highest BCUT2D eigenvalue weighted by molar-refractivity contribution is 5.84. The minimum absolute atomic E-state index is 0.458. The largest absolute Gasteiger partial charge is 0.350 e. The van der Waals surface area contributed by atoms with Crippen LogP contribution >= 0.6 is 0 Å². The van der Waals surface area contributed by atoms with E-state index in [1.807, 2.05) is 0 Å². The van der Waals surface area contributed by atoms with Crippen LogP contribution in [0.3, 0.4) is 0 Å². The van der Waals surface area contributed by atoms with Gasteiger partial charge in [0.25, 0.3) is 0 Å². The molecule has 1 fully saturated rings. The molecule has 3 heteroatoms. The summed E-state index contributed by atoms with van der Waals surface area (Å²) in [5.41, 5.74) is 2.74. The van der Waals surface area contributed by atoms with Gasteiger partial charge in [0, 0.05) is 49.8 Å². The lowest BCUT2D eigenvalue weighted by atomic mass is 10.0. The number of aromatic nitrogens is 1. The van der Waals surface area contributed by atoms with E-state index in [1.54, 1.807) is 0 Å². The molecule has 1 aromatic heterocycles. The van der Waals surface area contributed by atoms with Gasteiger partial charge in [-0.2, -0.15) is 0 Å². The zero-order valence-corrected chi connectivity index (χ0v) is 10.5. The van der Waals surface area contributed by atoms with Crippen LogP contribution in [0.5, 0.6) is 0 Å². The Hall–Kier alpha value is -1.32. The van der Waals surface area contributed by atoms with Crippen LogP contribution in [-0.4, -0.2) is 36.1 Å². The van der Waals surface area contributed by atoms with Crippen LogP contribution < -0.4 is 5.32 Å². The van der Waals surface area contributed by atoms with E-state index in [0.29, 0.717) is 6.04 Å². The Morgan fingerprint density at radius 2 is 2.06 bits per heavy atom. The fourth-order valence-corrected chi connectivity index (χ4v) is 2.76. The van der Waals surface area contributed by atoms with E-state index in [4.69, 9.17) is 0 Å². The molecule has 3 nitrogen and oxygen atoms in total. The Balaban J connectivity index is 2.05. The number of nitrogens with zero attached hydrogens (tertiary/aromatic N) is 2. The average Bonchev–Trinajstić information content (AvgIpc) is 2.68. The number of hydrogen-bond donors (Lipinski definition) is 1. The highest BCUT2D eigenvalue weighted by Crippen LogP contribution is 2.27. The molecule has 0 aliphatic carbocycles. The smallest absolute Gasteiger partial charge is 0.0481 e. The van der Waals surface area contributed by atoms with Gasteiger partial charge in [0.2, 0.25) is 0 Å². The molecule has 0 amide bonds. The summed E-state index contributed by atoms with van der Waals surface area (Å²) in [7, 11) is 4.32. The molecule has 3 rings (SSSR count). The second-order valence-corrected chi connectivity index (χ2v) is 4.98. The highest BCUT2D eigenvalue weighted by Gasteiger charge is 2.21. The summed E-state index contributed by atoms with van der Waals surface area (Å²) in [5.74, 6) is 0. The SMILES string of the molecule is CN1CCNC(c2cn(C)c3ccccc23)C1. The standard InChI is InChI=1S/C14H19N3/c1-16-8-7-15-13(10-16)12-9-17(2)14-6-4-3-5-11(12)14/h3-6,9,13,15H,7-8,10H2,1-2H3. The van der Waals surface area contributed by atoms with Crippen molar-refractivity contribution < 1.29 is 0 Å². The third-order valence-corrected chi connectivity index (χ3v) is 3.68. The van der Waals surface area contributed by atoms with Crippen molar-refractivity contribution in [3.63, 3.8) is 0 Å². The Labute approximate surface area is 102 Å². The van der Waals surface area contributed by atoms with Crippen LogP contribution in [-0.2, 0) is 7.05 Å². The predicted octanol–water partition coefficient (Wildman–Crippen LogP) is 1.75. The van der Waals surface area contributed by atoms with Crippen molar-refractivity contribution in [3.8, 4) is 0 Å². The Morgan fingerprint density at radius 1 is 1.24 bits per heavy atom. The number of hydrogen-bond acceptors (Lipinski definition) is 2. The van der Waals surface area contributed by atoms with Crippen molar-refractivity contribution in [2.24, 2.45) is 7.05 Å². The third-order valence-electron chi connectivity index (χ3n) is 3.68. The summed E-state index contributed by atoms with van der Waals surface area (Å²) in [6, 6.07) is 9.09. The first-order chi connectivity index (χ1) is 8.25. The van der Waals surface area contributed by atoms with Crippen LogP contribution in [0.4, 0.5) is 0 Å². The van der Waals surface area contributed by atoms with Gasteiger partial charge in [-0.05, 0) is 18.7 Å². The number of benzene rings is 1. The maximum Gasteiger partial charge on any atom is 0.0481 e. The normalized spacial score (nSPS) is 22.1. The molecule has 90 valence electrons. The molecule has 1 unspecified atom stereocenters. The Bertz CT molecular complexity index is 529. The zero-order chi connectivity index (χ0) is 11.8. The maximum atomic E-state index is 3.62. The van der Waals surface area contributed by atoms with Crippen LogP contribution in [0.25, 0.3) is 10.9 Å². The molecule has 2 aromatic rings. The molecule has 2 heterocycles. The molecule has 1 N–H and O–H groups in total. The predicted molar refractivity (Wildman–Crippen MR) is 71.2 cm³/mol. The van der Waals surface area contributed by atoms with Gasteiger partial charge in [-0.3, -0.25) is 0 Å². The number of likely N-dealkylation sites (N-methyl/N-ethyl adjacent to an activating group) is 1. The first kappa shape index (κ1) is 10.8. The molecule has 0 spiro atoms. The van der Waals surface area contributed by atoms with Gasteiger partial charge in [-0.1, -0.05) is 18.2 Å². The maximum absolute atomic E-state index is 3.62. The van der Waals surface area contributed by atoms with Gasteiger partial charge in [0.1, 0.15) is 0 Å². The summed E-state index contributed by atoms with van der Waals surface area (Å²) < 4.78 is 2.22. The van der Waals surface area contributed by atoms with E-state index in [1.165, 1.54) is 16.5 Å². The summed E-state index contributed by atoms with van der Waals surface area (Å²) >= 11 is 0. The quantitative estimate of drug-likeness (QED) is 0.804. The summed E-state index contributed by atoms with van der Waals surface area (Å²) in [4.78, 5) is 2.39. The molecular weight excluding hydrogens is 210 g/mol. The van der Waals surface area contributed by atoms with Gasteiger partial charge in [-0.15, -0.1) is 0 Å². The van der Waals surface area contributed by atoms with Gasteiger partial charge >= 0.3 is 0 Å². The fraction of sp³-hybridized carbons (Fsp3) is 0.429. The number of rotatable bonds is 1. The minimum Gasteiger partial charge on any atom is -0.350 e. The molecule has 0 radical (unpaired) electrons. The van der Waals surface area contributed by atoms with Gasteiger partial charge in [-0.25, -0.2) is 0 Å². The Kier molecular flexibility index (Phi) is 2.65. The minimum atomic E-state index is 0.458. The van der Waals surface area contributed by atoms with E-state index in [0.717, 1.165) is 19.6 Å². The second kappa shape index (κ2) is 4.17. The molecule has 1 atom stereocenters. The lowest BCUT2D eigenvalue weighted by molar-refractivity contribution is 0.241. The van der Waals surface area contributed by atoms with Crippen molar-refractivity contribution in [2.45, 2.75) is 6.04 Å². The summed E-state index contributed by atoms with van der Waals surface area (Å²) in [6.45, 7) is 3.31. The topological polar surface area (TPSA) is 20.2 Å². The number of nitrogens with one attached hydrogen (secondary N) is 1. The van der Waals surface area contributed by atoms with Gasteiger partial charge < -0.3 is 14.8 Å². The number of aryl methyl sites for hydroxylation is 1. The van der Waals surface area contributed by atoms with Crippen LogP contribution in [0.15, 0.2) is 30.5 Å². The van der Waals surface area contributed by atoms with E-state index < -0.39 is 0 Å². The van der Waals surface area contributed by atoms with Crippen molar-refractivity contribution in [1.29, 1.82) is 0 Å². The number of piperazine rings is 1. The third kappa shape index (κ3) is 1.85. The molecule has 0 bridgehead atoms. The Morgan fingerprint density at radius 3 is 2.88 bits per heavy atom. The van der Waals surface area contributed by atoms with Crippen LogP contribution in [0.2, 0.25) is 0 Å². The number of para-hydroxylation sites is 1. The first-order valence-corrected chi connectivity index (χ1v) is 6.21. The molecule has 1 aliphatic rings. The van der Waals surface area contributed by atoms with E-state index >= 15 is 0 Å². The van der Waals surface area contributed by atoms with Crippen molar-refractivity contribution in [2.75, 3.05) is 26.7 Å². The van der Waals surface area contributed by atoms with Crippen LogP contribution in [0.1, 0.15) is 11.6 Å². The first-order valence-electron chi connectivity index (χ1n) is 6.21. The van der Waals surface area contributed by atoms with Crippen LogP contribution in [0, 0.1) is 0 Å². The number of fused-ring (bicyclic) bond motifs is 1. The molecule has 17 heavy (non-hydrogen) atoms. The van der Waals surface area contributed by atoms with E-state index in [-0.39, 0.29) is 0 Å². The molecule has 1 aliphatic heterocycles. The monoisotopic (exact) mass is 229 g/mol. The highest BCUT2D eigenvalue weighted by atomic mass is 15.2. The zero-order valence-electron chi connectivity index (χ0n) is 10.5. The summed E-state index contributed by atoms with van der Waals surface area (Å²) in [5, 5.41) is 4.99.